The van der Waals surface area contributed by atoms with Gasteiger partial charge in [0.05, 0.1) is 12.5 Å². The number of amides is 1. The van der Waals surface area contributed by atoms with Crippen LogP contribution < -0.4 is 5.32 Å². The minimum Gasteiger partial charge on any atom is -0.356 e. The van der Waals surface area contributed by atoms with E-state index in [1.807, 2.05) is 78.9 Å². The van der Waals surface area contributed by atoms with Crippen molar-refractivity contribution in [1.29, 1.82) is 0 Å². The lowest BCUT2D eigenvalue weighted by molar-refractivity contribution is -0.121. The molecule has 1 N–H and O–H groups in total. The van der Waals surface area contributed by atoms with Crippen molar-refractivity contribution in [3.05, 3.63) is 101 Å². The highest BCUT2D eigenvalue weighted by Gasteiger charge is 2.19. The lowest BCUT2D eigenvalue weighted by atomic mass is 9.98. The van der Waals surface area contributed by atoms with Crippen LogP contribution in [-0.2, 0) is 11.2 Å². The number of rotatable bonds is 5. The van der Waals surface area contributed by atoms with Crippen molar-refractivity contribution >= 4 is 28.5 Å². The Morgan fingerprint density at radius 1 is 0.926 bits per heavy atom. The summed E-state index contributed by atoms with van der Waals surface area (Å²) in [5.74, 6) is -0.127. The Morgan fingerprint density at radius 3 is 2.37 bits per heavy atom. The van der Waals surface area contributed by atoms with E-state index in [1.165, 1.54) is 0 Å². The van der Waals surface area contributed by atoms with Gasteiger partial charge in [-0.1, -0.05) is 71.4 Å². The van der Waals surface area contributed by atoms with Crippen LogP contribution >= 0.6 is 11.6 Å². The second-order valence-corrected chi connectivity index (χ2v) is 6.70. The van der Waals surface area contributed by atoms with Crippen LogP contribution in [0.4, 0.5) is 0 Å². The molecule has 0 radical (unpaired) electrons. The predicted molar refractivity (Wildman–Crippen MR) is 106 cm³/mol. The largest absolute Gasteiger partial charge is 0.356 e. The first-order chi connectivity index (χ1) is 13.2. The Hall–Kier alpha value is -3.11. The Bertz CT molecular complexity index is 1060. The summed E-state index contributed by atoms with van der Waals surface area (Å²) in [7, 11) is 0. The summed E-state index contributed by atoms with van der Waals surface area (Å²) in [6, 6.07) is 24.6. The maximum atomic E-state index is 12.8. The van der Waals surface area contributed by atoms with Crippen molar-refractivity contribution in [2.45, 2.75) is 12.5 Å². The predicted octanol–water partition coefficient (Wildman–Crippen LogP) is 4.93. The Balaban J connectivity index is 1.59. The molecule has 0 aliphatic heterocycles. The molecule has 3 aromatic carbocycles. The summed E-state index contributed by atoms with van der Waals surface area (Å²) in [4.78, 5) is 12.8. The van der Waals surface area contributed by atoms with Gasteiger partial charge in [-0.25, -0.2) is 0 Å². The number of carbonyl (C=O) groups is 1. The minimum absolute atomic E-state index is 0.127. The number of nitrogens with zero attached hydrogens (tertiary/aromatic N) is 1. The number of hydrogen-bond donors (Lipinski definition) is 1. The molecule has 1 aromatic heterocycles. The van der Waals surface area contributed by atoms with Crippen molar-refractivity contribution in [2.24, 2.45) is 0 Å². The molecule has 5 heteroatoms. The summed E-state index contributed by atoms with van der Waals surface area (Å²) in [5.41, 5.74) is 3.27. The highest BCUT2D eigenvalue weighted by Crippen LogP contribution is 2.24. The van der Waals surface area contributed by atoms with Gasteiger partial charge in [-0.3, -0.25) is 4.79 Å². The summed E-state index contributed by atoms with van der Waals surface area (Å²) >= 11 is 6.01. The van der Waals surface area contributed by atoms with E-state index in [-0.39, 0.29) is 18.4 Å². The van der Waals surface area contributed by atoms with E-state index >= 15 is 0 Å². The minimum atomic E-state index is -0.269. The molecule has 1 amide bonds. The van der Waals surface area contributed by atoms with Crippen LogP contribution in [0.2, 0.25) is 5.02 Å². The second-order valence-electron chi connectivity index (χ2n) is 6.26. The number of hydrogen-bond acceptors (Lipinski definition) is 3. The van der Waals surface area contributed by atoms with Crippen LogP contribution in [0.25, 0.3) is 11.0 Å². The SMILES string of the molecule is O=C(Cc1noc2ccccc12)N[C@@H](c1ccccc1)c1ccc(Cl)cc1. The van der Waals surface area contributed by atoms with Crippen LogP contribution in [0.3, 0.4) is 0 Å². The molecular weight excluding hydrogens is 360 g/mol. The number of nitrogens with one attached hydrogen (secondary N) is 1. The first kappa shape index (κ1) is 17.3. The maximum Gasteiger partial charge on any atom is 0.226 e. The molecule has 4 aromatic rings. The Kier molecular flexibility index (Phi) is 4.90. The van der Waals surface area contributed by atoms with E-state index in [4.69, 9.17) is 16.1 Å². The summed E-state index contributed by atoms with van der Waals surface area (Å²) in [6.07, 6.45) is 0.147. The van der Waals surface area contributed by atoms with E-state index in [0.29, 0.717) is 16.3 Å². The first-order valence-corrected chi connectivity index (χ1v) is 9.01. The molecule has 0 aliphatic rings. The number of fused-ring (bicyclic) bond motifs is 1. The zero-order valence-corrected chi connectivity index (χ0v) is 15.2. The Morgan fingerprint density at radius 2 is 1.59 bits per heavy atom. The molecular formula is C22H17ClN2O2. The molecule has 0 bridgehead atoms. The fraction of sp³-hybridized carbons (Fsp3) is 0.0909. The molecule has 1 heterocycles. The topological polar surface area (TPSA) is 55.1 Å². The first-order valence-electron chi connectivity index (χ1n) is 8.64. The van der Waals surface area contributed by atoms with Gasteiger partial charge in [0.25, 0.3) is 0 Å². The van der Waals surface area contributed by atoms with E-state index in [2.05, 4.69) is 10.5 Å². The molecule has 4 rings (SSSR count). The molecule has 27 heavy (non-hydrogen) atoms. The van der Waals surface area contributed by atoms with Gasteiger partial charge in [0.1, 0.15) is 5.69 Å². The van der Waals surface area contributed by atoms with Gasteiger partial charge >= 0.3 is 0 Å². The van der Waals surface area contributed by atoms with Crippen LogP contribution in [-0.4, -0.2) is 11.1 Å². The average Bonchev–Trinajstić information content (AvgIpc) is 3.10. The number of benzene rings is 3. The van der Waals surface area contributed by atoms with Gasteiger partial charge in [0.15, 0.2) is 5.58 Å². The second kappa shape index (κ2) is 7.64. The zero-order valence-electron chi connectivity index (χ0n) is 14.4. The average molecular weight is 377 g/mol. The van der Waals surface area contributed by atoms with Gasteiger partial charge in [-0.05, 0) is 35.4 Å². The molecule has 0 fully saturated rings. The summed E-state index contributed by atoms with van der Waals surface area (Å²) in [6.45, 7) is 0. The van der Waals surface area contributed by atoms with E-state index < -0.39 is 0 Å². The van der Waals surface area contributed by atoms with Gasteiger partial charge in [0, 0.05) is 10.4 Å². The summed E-state index contributed by atoms with van der Waals surface area (Å²) < 4.78 is 5.29. The molecule has 0 spiro atoms. The van der Waals surface area contributed by atoms with Gasteiger partial charge in [0.2, 0.25) is 5.91 Å². The molecule has 0 aliphatic carbocycles. The Labute approximate surface area is 161 Å². The third-order valence-corrected chi connectivity index (χ3v) is 4.67. The smallest absolute Gasteiger partial charge is 0.226 e. The normalized spacial score (nSPS) is 12.0. The lowest BCUT2D eigenvalue weighted by Gasteiger charge is -2.20. The third kappa shape index (κ3) is 3.86. The maximum absolute atomic E-state index is 12.8. The summed E-state index contributed by atoms with van der Waals surface area (Å²) in [5, 5.41) is 8.67. The highest BCUT2D eigenvalue weighted by atomic mass is 35.5. The standard InChI is InChI=1S/C22H17ClN2O2/c23-17-12-10-16(11-13-17)22(15-6-2-1-3-7-15)24-21(26)14-19-18-8-4-5-9-20(18)27-25-19/h1-13,22H,14H2,(H,24,26)/t22-/m0/s1. The number of carbonyl (C=O) groups excluding carboxylic acids is 1. The van der Waals surface area contributed by atoms with Crippen molar-refractivity contribution in [1.82, 2.24) is 10.5 Å². The highest BCUT2D eigenvalue weighted by molar-refractivity contribution is 6.30. The number of aromatic nitrogens is 1. The van der Waals surface area contributed by atoms with Crippen LogP contribution in [0.5, 0.6) is 0 Å². The lowest BCUT2D eigenvalue weighted by Crippen LogP contribution is -2.30. The molecule has 0 unspecified atom stereocenters. The van der Waals surface area contributed by atoms with E-state index in [1.54, 1.807) is 0 Å². The molecule has 0 saturated heterocycles. The number of para-hydroxylation sites is 1. The molecule has 134 valence electrons. The van der Waals surface area contributed by atoms with Crippen LogP contribution in [0.15, 0.2) is 83.4 Å². The van der Waals surface area contributed by atoms with Crippen LogP contribution in [0.1, 0.15) is 22.9 Å². The van der Waals surface area contributed by atoms with Crippen molar-refractivity contribution in [2.75, 3.05) is 0 Å². The fourth-order valence-electron chi connectivity index (χ4n) is 3.09. The monoisotopic (exact) mass is 376 g/mol. The van der Waals surface area contributed by atoms with Crippen molar-refractivity contribution in [3.63, 3.8) is 0 Å². The zero-order chi connectivity index (χ0) is 18.6. The fourth-order valence-corrected chi connectivity index (χ4v) is 3.22. The van der Waals surface area contributed by atoms with Gasteiger partial charge in [-0.15, -0.1) is 0 Å². The van der Waals surface area contributed by atoms with Crippen LogP contribution in [0, 0.1) is 0 Å². The molecule has 0 saturated carbocycles. The van der Waals surface area contributed by atoms with Crippen molar-refractivity contribution in [3.8, 4) is 0 Å². The van der Waals surface area contributed by atoms with E-state index in [0.717, 1.165) is 16.5 Å². The van der Waals surface area contributed by atoms with Gasteiger partial charge in [-0.2, -0.15) is 0 Å². The quantitative estimate of drug-likeness (QED) is 0.537. The number of halogens is 1. The van der Waals surface area contributed by atoms with Crippen molar-refractivity contribution < 1.29 is 9.32 Å². The third-order valence-electron chi connectivity index (χ3n) is 4.42. The van der Waals surface area contributed by atoms with Gasteiger partial charge < -0.3 is 9.84 Å². The molecule has 4 nitrogen and oxygen atoms in total. The molecule has 1 atom stereocenters. The van der Waals surface area contributed by atoms with E-state index in [9.17, 15) is 4.79 Å².